The smallest absolute Gasteiger partial charge is 0.275 e. The van der Waals surface area contributed by atoms with Crippen LogP contribution >= 0.6 is 0 Å². The molecule has 0 aliphatic carbocycles. The van der Waals surface area contributed by atoms with E-state index in [4.69, 9.17) is 0 Å². The van der Waals surface area contributed by atoms with Crippen LogP contribution in [0.15, 0.2) is 36.8 Å². The van der Waals surface area contributed by atoms with Crippen LogP contribution in [0.3, 0.4) is 0 Å². The second-order valence-corrected chi connectivity index (χ2v) is 7.79. The minimum Gasteiger partial charge on any atom is -0.394 e. The number of aliphatic hydroxyl groups excluding tert-OH is 1. The van der Waals surface area contributed by atoms with Crippen LogP contribution in [0.25, 0.3) is 11.5 Å². The number of hydrogen-bond donors (Lipinski definition) is 2. The molecule has 4 heterocycles. The van der Waals surface area contributed by atoms with E-state index < -0.39 is 0 Å². The molecule has 0 radical (unpaired) electrons. The topological polar surface area (TPSA) is 126 Å². The fourth-order valence-corrected chi connectivity index (χ4v) is 3.60. The van der Waals surface area contributed by atoms with Crippen LogP contribution in [0.2, 0.25) is 0 Å². The molecule has 0 unspecified atom stereocenters. The summed E-state index contributed by atoms with van der Waals surface area (Å²) in [4.78, 5) is 35.5. The maximum absolute atomic E-state index is 12.8. The van der Waals surface area contributed by atoms with E-state index in [0.717, 1.165) is 17.5 Å². The summed E-state index contributed by atoms with van der Waals surface area (Å²) in [6.07, 6.45) is 4.51. The van der Waals surface area contributed by atoms with Crippen LogP contribution in [0.4, 0.5) is 5.82 Å². The van der Waals surface area contributed by atoms with Crippen molar-refractivity contribution >= 4 is 17.6 Å². The number of pyridine rings is 2. The molecule has 0 fully saturated rings. The highest BCUT2D eigenvalue weighted by molar-refractivity contribution is 6.02. The van der Waals surface area contributed by atoms with Crippen molar-refractivity contribution in [1.29, 1.82) is 0 Å². The van der Waals surface area contributed by atoms with Crippen LogP contribution in [-0.4, -0.2) is 53.2 Å². The lowest BCUT2D eigenvalue weighted by molar-refractivity contribution is -0.131. The molecule has 2 N–H and O–H groups in total. The Hall–Kier alpha value is -3.66. The molecule has 4 rings (SSSR count). The van der Waals surface area contributed by atoms with Gasteiger partial charge in [0, 0.05) is 25.7 Å². The molecule has 3 aromatic rings. The first kappa shape index (κ1) is 21.6. The lowest BCUT2D eigenvalue weighted by atomic mass is 10.1. The maximum Gasteiger partial charge on any atom is 0.275 e. The van der Waals surface area contributed by atoms with Gasteiger partial charge in [-0.05, 0) is 42.7 Å². The molecule has 1 aliphatic rings. The van der Waals surface area contributed by atoms with E-state index in [-0.39, 0.29) is 30.2 Å². The number of carbonyl (C=O) groups excluding carboxylic acids is 2. The van der Waals surface area contributed by atoms with E-state index in [1.54, 1.807) is 39.9 Å². The van der Waals surface area contributed by atoms with Crippen molar-refractivity contribution in [3.63, 3.8) is 0 Å². The zero-order chi connectivity index (χ0) is 22.7. The van der Waals surface area contributed by atoms with Gasteiger partial charge in [-0.2, -0.15) is 0 Å². The summed E-state index contributed by atoms with van der Waals surface area (Å²) >= 11 is 0. The summed E-state index contributed by atoms with van der Waals surface area (Å²) in [5, 5.41) is 20.2. The summed E-state index contributed by atoms with van der Waals surface area (Å²) in [6, 6.07) is 6.71. The summed E-state index contributed by atoms with van der Waals surface area (Å²) in [6.45, 7) is 4.77. The number of rotatable bonds is 7. The van der Waals surface area contributed by atoms with Gasteiger partial charge in [-0.1, -0.05) is 13.0 Å². The van der Waals surface area contributed by atoms with E-state index >= 15 is 0 Å². The Bertz CT molecular complexity index is 1140. The van der Waals surface area contributed by atoms with Crippen molar-refractivity contribution in [2.24, 2.45) is 0 Å². The van der Waals surface area contributed by atoms with Gasteiger partial charge in [-0.3, -0.25) is 14.6 Å². The van der Waals surface area contributed by atoms with Gasteiger partial charge in [0.2, 0.25) is 5.91 Å². The van der Waals surface area contributed by atoms with Gasteiger partial charge in [-0.25, -0.2) is 4.98 Å². The summed E-state index contributed by atoms with van der Waals surface area (Å²) in [7, 11) is 0. The predicted octanol–water partition coefficient (Wildman–Crippen LogP) is 2.18. The number of amides is 2. The van der Waals surface area contributed by atoms with Crippen molar-refractivity contribution in [3.8, 4) is 11.5 Å². The molecular weight excluding hydrogens is 410 g/mol. The molecule has 2 amide bonds. The van der Waals surface area contributed by atoms with E-state index in [2.05, 4.69) is 25.5 Å². The zero-order valence-electron chi connectivity index (χ0n) is 18.0. The maximum atomic E-state index is 12.8. The van der Waals surface area contributed by atoms with Crippen LogP contribution in [0, 0.1) is 0 Å². The van der Waals surface area contributed by atoms with Gasteiger partial charge in [0.15, 0.2) is 5.82 Å². The molecule has 1 atom stereocenters. The molecule has 0 aromatic carbocycles. The van der Waals surface area contributed by atoms with Crippen LogP contribution < -0.4 is 5.32 Å². The molecule has 0 bridgehead atoms. The Morgan fingerprint density at radius 3 is 2.84 bits per heavy atom. The van der Waals surface area contributed by atoms with Crippen LogP contribution in [-0.2, 0) is 17.9 Å². The Labute approximate surface area is 185 Å². The van der Waals surface area contributed by atoms with Crippen LogP contribution in [0.5, 0.6) is 0 Å². The first-order valence-corrected chi connectivity index (χ1v) is 10.5. The van der Waals surface area contributed by atoms with Crippen LogP contribution in [0.1, 0.15) is 54.3 Å². The monoisotopic (exact) mass is 435 g/mol. The normalized spacial score (nSPS) is 13.7. The number of carbonyl (C=O) groups is 2. The molecule has 0 spiro atoms. The lowest BCUT2D eigenvalue weighted by Crippen LogP contribution is -2.24. The number of anilines is 1. The van der Waals surface area contributed by atoms with E-state index in [9.17, 15) is 14.7 Å². The van der Waals surface area contributed by atoms with Crippen molar-refractivity contribution < 1.29 is 14.7 Å². The molecular formula is C22H25N7O3. The standard InChI is InChI=1S/C22H25N7O3/c1-3-5-20(31)28-10-15-8-18(23-9-16(15)11-28)22(32)26-19-7-4-6-17(25-19)21-27-24-13-29(21)14(2)12-30/h4,6-9,13-14,30H,3,5,10-12H2,1-2H3,(H,25,26,32)/t14-/m1/s1. The number of aromatic nitrogens is 5. The second-order valence-electron chi connectivity index (χ2n) is 7.79. The minimum atomic E-state index is -0.388. The largest absolute Gasteiger partial charge is 0.394 e. The quantitative estimate of drug-likeness (QED) is 0.582. The van der Waals surface area contributed by atoms with Gasteiger partial charge in [0.25, 0.3) is 5.91 Å². The molecule has 1 aliphatic heterocycles. The number of aliphatic hydroxyl groups is 1. The predicted molar refractivity (Wildman–Crippen MR) is 116 cm³/mol. The van der Waals surface area contributed by atoms with Crippen molar-refractivity contribution in [3.05, 3.63) is 53.6 Å². The summed E-state index contributed by atoms with van der Waals surface area (Å²) in [5.74, 6) is 0.566. The first-order valence-electron chi connectivity index (χ1n) is 10.5. The number of fused-ring (bicyclic) bond motifs is 1. The summed E-state index contributed by atoms with van der Waals surface area (Å²) in [5.41, 5.74) is 2.68. The first-order chi connectivity index (χ1) is 15.5. The number of nitrogens with one attached hydrogen (secondary N) is 1. The molecule has 10 nitrogen and oxygen atoms in total. The molecule has 0 saturated heterocycles. The molecule has 10 heteroatoms. The SMILES string of the molecule is CCCC(=O)N1Cc2cnc(C(=O)Nc3cccc(-c4nncn4[C@H](C)CO)n3)cc2C1. The highest BCUT2D eigenvalue weighted by Crippen LogP contribution is 2.24. The molecule has 32 heavy (non-hydrogen) atoms. The van der Waals surface area contributed by atoms with Crippen molar-refractivity contribution in [2.45, 2.75) is 45.8 Å². The van der Waals surface area contributed by atoms with E-state index in [1.807, 2.05) is 13.8 Å². The molecule has 3 aromatic heterocycles. The van der Waals surface area contributed by atoms with Gasteiger partial charge in [0.1, 0.15) is 23.5 Å². The third kappa shape index (κ3) is 4.35. The van der Waals surface area contributed by atoms with E-state index in [0.29, 0.717) is 36.8 Å². The van der Waals surface area contributed by atoms with Gasteiger partial charge in [-0.15, -0.1) is 10.2 Å². The fourth-order valence-electron chi connectivity index (χ4n) is 3.60. The highest BCUT2D eigenvalue weighted by atomic mass is 16.3. The van der Waals surface area contributed by atoms with Gasteiger partial charge in [0.05, 0.1) is 12.6 Å². The van der Waals surface area contributed by atoms with Gasteiger partial charge >= 0.3 is 0 Å². The number of nitrogens with zero attached hydrogens (tertiary/aromatic N) is 6. The minimum absolute atomic E-state index is 0.0626. The fraction of sp³-hybridized carbons (Fsp3) is 0.364. The second kappa shape index (κ2) is 9.23. The summed E-state index contributed by atoms with van der Waals surface area (Å²) < 4.78 is 1.72. The molecule has 166 valence electrons. The van der Waals surface area contributed by atoms with Crippen molar-refractivity contribution in [2.75, 3.05) is 11.9 Å². The average molecular weight is 435 g/mol. The van der Waals surface area contributed by atoms with E-state index in [1.165, 1.54) is 6.33 Å². The Kier molecular flexibility index (Phi) is 6.22. The lowest BCUT2D eigenvalue weighted by Gasteiger charge is -2.14. The Morgan fingerprint density at radius 1 is 1.25 bits per heavy atom. The average Bonchev–Trinajstić information content (AvgIpc) is 3.45. The van der Waals surface area contributed by atoms with Crippen molar-refractivity contribution in [1.82, 2.24) is 29.6 Å². The third-order valence-corrected chi connectivity index (χ3v) is 5.39. The highest BCUT2D eigenvalue weighted by Gasteiger charge is 2.24. The van der Waals surface area contributed by atoms with Gasteiger partial charge < -0.3 is 19.9 Å². The molecule has 0 saturated carbocycles. The number of hydrogen-bond acceptors (Lipinski definition) is 7. The third-order valence-electron chi connectivity index (χ3n) is 5.39. The Balaban J connectivity index is 1.49. The zero-order valence-corrected chi connectivity index (χ0v) is 18.0. The Morgan fingerprint density at radius 2 is 2.06 bits per heavy atom.